The molecule has 1 heterocycles. The summed E-state index contributed by atoms with van der Waals surface area (Å²) in [7, 11) is -4.50. The number of aromatic nitrogens is 1. The van der Waals surface area contributed by atoms with Gasteiger partial charge in [0.2, 0.25) is 45.5 Å². The number of para-hydroxylation sites is 1. The van der Waals surface area contributed by atoms with Crippen LogP contribution in [0.5, 0.6) is 0 Å². The summed E-state index contributed by atoms with van der Waals surface area (Å²) in [5, 5.41) is 40.2. The van der Waals surface area contributed by atoms with Gasteiger partial charge >= 0.3 is 17.9 Å². The van der Waals surface area contributed by atoms with E-state index in [0.717, 1.165) is 12.1 Å². The molecular weight excluding hydrogens is 904 g/mol. The Morgan fingerprint density at radius 3 is 1.87 bits per heavy atom. The van der Waals surface area contributed by atoms with Crippen LogP contribution in [0.25, 0.3) is 10.9 Å². The van der Waals surface area contributed by atoms with Crippen molar-refractivity contribution in [2.24, 2.45) is 5.73 Å². The normalized spacial score (nSPS) is 13.5. The van der Waals surface area contributed by atoms with E-state index in [0.29, 0.717) is 22.0 Å². The fraction of sp³-hybridized carbons (Fsp3) is 0.326. The molecular formula is C43H49FN8O14S. The first kappa shape index (κ1) is 51.9. The summed E-state index contributed by atoms with van der Waals surface area (Å²) in [4.78, 5) is 117. The van der Waals surface area contributed by atoms with Gasteiger partial charge in [-0.25, -0.2) is 12.8 Å². The molecule has 0 radical (unpaired) electrons. The molecule has 0 aliphatic rings. The van der Waals surface area contributed by atoms with Crippen molar-refractivity contribution in [2.75, 3.05) is 6.54 Å². The van der Waals surface area contributed by atoms with Crippen LogP contribution < -0.4 is 37.0 Å². The van der Waals surface area contributed by atoms with Gasteiger partial charge in [-0.05, 0) is 61.2 Å². The number of nitrogens with two attached hydrogens (primary N) is 1. The molecule has 0 saturated heterocycles. The van der Waals surface area contributed by atoms with Crippen LogP contribution in [0.2, 0.25) is 0 Å². The maximum Gasteiger partial charge on any atom is 0.305 e. The Morgan fingerprint density at radius 1 is 0.672 bits per heavy atom. The van der Waals surface area contributed by atoms with Gasteiger partial charge in [-0.2, -0.15) is 4.72 Å². The minimum atomic E-state index is -4.50. The molecule has 358 valence electrons. The summed E-state index contributed by atoms with van der Waals surface area (Å²) in [5.41, 5.74) is 7.52. The standard InChI is InChI=1S/C43H49FN8O14S/c1-23-9-11-27(12-10-23)67(65,66)52-34(20-38(58)59)43(64)50-31(14-16-37(56)57)40(61)47-22-35(53)48-32(18-24-5-4-6-26(44)17-24)41(62)51-33(19-25-21-46-29-8-3-2-7-28(25)29)42(63)49-30(39(45)60)13-15-36(54)55/h2-12,17,21,30-34,46,52H,13-16,18-20,22H2,1H3,(H2,45,60)(H,47,61)(H,48,53)(H,49,63)(H,50,64)(H,51,62)(H,54,55)(H,56,57)(H,58,59)/t30-,31-,32-,33-,34-/m0/s1. The van der Waals surface area contributed by atoms with Crippen molar-refractivity contribution >= 4 is 74.3 Å². The molecule has 67 heavy (non-hydrogen) atoms. The SMILES string of the molecule is Cc1ccc(S(=O)(=O)N[C@@H](CC(=O)O)C(=O)N[C@@H](CCC(=O)O)C(=O)NCC(=O)N[C@@H](Cc2cccc(F)c2)C(=O)N[C@@H](Cc2c[nH]c3ccccc23)C(=O)N[C@@H](CCC(=O)O)C(N)=O)cc1. The lowest BCUT2D eigenvalue weighted by Gasteiger charge is -2.25. The van der Waals surface area contributed by atoms with Crippen LogP contribution in [0.4, 0.5) is 4.39 Å². The number of hydrogen-bond donors (Lipinski definition) is 11. The van der Waals surface area contributed by atoms with E-state index in [1.807, 2.05) is 4.72 Å². The number of aromatic amines is 1. The number of aryl methyl sites for hydroxylation is 1. The number of carbonyl (C=O) groups excluding carboxylic acids is 6. The summed E-state index contributed by atoms with van der Waals surface area (Å²) in [6.07, 6.45) is -2.40. The first-order chi connectivity index (χ1) is 31.6. The van der Waals surface area contributed by atoms with E-state index in [4.69, 9.17) is 10.8 Å². The number of halogens is 1. The Labute approximate surface area is 381 Å². The summed E-state index contributed by atoms with van der Waals surface area (Å²) >= 11 is 0. The van der Waals surface area contributed by atoms with Gasteiger partial charge in [-0.1, -0.05) is 48.0 Å². The molecule has 24 heteroatoms. The highest BCUT2D eigenvalue weighted by Crippen LogP contribution is 2.20. The Morgan fingerprint density at radius 2 is 1.25 bits per heavy atom. The molecule has 1 aromatic heterocycles. The van der Waals surface area contributed by atoms with Crippen molar-refractivity contribution in [2.45, 2.75) is 87.0 Å². The minimum Gasteiger partial charge on any atom is -0.481 e. The van der Waals surface area contributed by atoms with Crippen molar-refractivity contribution in [3.8, 4) is 0 Å². The molecule has 3 aromatic carbocycles. The van der Waals surface area contributed by atoms with Gasteiger partial charge in [-0.15, -0.1) is 0 Å². The number of amides is 6. The zero-order chi connectivity index (χ0) is 49.4. The van der Waals surface area contributed by atoms with Gasteiger partial charge in [0.25, 0.3) is 0 Å². The first-order valence-electron chi connectivity index (χ1n) is 20.4. The highest BCUT2D eigenvalue weighted by atomic mass is 32.2. The molecule has 0 saturated carbocycles. The second kappa shape index (κ2) is 24.0. The predicted molar refractivity (Wildman–Crippen MR) is 233 cm³/mol. The first-order valence-corrected chi connectivity index (χ1v) is 21.9. The number of primary amides is 1. The number of aliphatic carboxylic acids is 3. The van der Waals surface area contributed by atoms with Gasteiger partial charge in [0.1, 0.15) is 36.0 Å². The van der Waals surface area contributed by atoms with Crippen molar-refractivity contribution in [3.63, 3.8) is 0 Å². The molecule has 12 N–H and O–H groups in total. The van der Waals surface area contributed by atoms with Crippen LogP contribution in [-0.2, 0) is 66.0 Å². The van der Waals surface area contributed by atoms with Crippen LogP contribution in [0.3, 0.4) is 0 Å². The van der Waals surface area contributed by atoms with Gasteiger partial charge in [0, 0.05) is 42.8 Å². The number of benzene rings is 3. The number of rotatable bonds is 26. The Hall–Kier alpha value is -7.73. The second-order valence-corrected chi connectivity index (χ2v) is 17.0. The number of carbonyl (C=O) groups is 9. The zero-order valence-electron chi connectivity index (χ0n) is 35.7. The lowest BCUT2D eigenvalue weighted by atomic mass is 10.0. The quantitative estimate of drug-likeness (QED) is 0.0378. The highest BCUT2D eigenvalue weighted by molar-refractivity contribution is 7.89. The molecule has 0 fully saturated rings. The Bertz CT molecular complexity index is 2610. The van der Waals surface area contributed by atoms with E-state index in [-0.39, 0.29) is 23.3 Å². The number of sulfonamides is 1. The molecule has 0 aliphatic heterocycles. The fourth-order valence-corrected chi connectivity index (χ4v) is 7.81. The van der Waals surface area contributed by atoms with Crippen LogP contribution in [0.15, 0.2) is 83.9 Å². The van der Waals surface area contributed by atoms with Crippen LogP contribution >= 0.6 is 0 Å². The molecule has 4 rings (SSSR count). The lowest BCUT2D eigenvalue weighted by molar-refractivity contribution is -0.140. The molecule has 6 amide bonds. The third kappa shape index (κ3) is 16.3. The molecule has 5 atom stereocenters. The third-order valence-corrected chi connectivity index (χ3v) is 11.5. The number of fused-ring (bicyclic) bond motifs is 1. The maximum atomic E-state index is 14.3. The van der Waals surface area contributed by atoms with E-state index < -0.39 is 138 Å². The van der Waals surface area contributed by atoms with Gasteiger partial charge < -0.3 is 52.6 Å². The molecule has 4 aromatic rings. The van der Waals surface area contributed by atoms with Crippen molar-refractivity contribution in [1.82, 2.24) is 36.3 Å². The topological polar surface area (TPSA) is 362 Å². The monoisotopic (exact) mass is 952 g/mol. The molecule has 0 bridgehead atoms. The number of carboxylic acid groups (broad SMARTS) is 3. The van der Waals surface area contributed by atoms with Gasteiger partial charge in [0.05, 0.1) is 17.9 Å². The summed E-state index contributed by atoms with van der Waals surface area (Å²) in [5.74, 6) is -11.6. The largest absolute Gasteiger partial charge is 0.481 e. The van der Waals surface area contributed by atoms with Gasteiger partial charge in [-0.3, -0.25) is 43.2 Å². The number of carboxylic acids is 3. The molecule has 22 nitrogen and oxygen atoms in total. The number of H-pyrrole nitrogens is 1. The zero-order valence-corrected chi connectivity index (χ0v) is 36.6. The summed E-state index contributed by atoms with van der Waals surface area (Å²) in [6, 6.07) is 8.90. The lowest BCUT2D eigenvalue weighted by Crippen LogP contribution is -2.58. The molecule has 0 aliphatic carbocycles. The van der Waals surface area contributed by atoms with Crippen LogP contribution in [-0.4, -0.2) is 119 Å². The maximum absolute atomic E-state index is 14.3. The summed E-state index contributed by atoms with van der Waals surface area (Å²) < 4.78 is 42.4. The average Bonchev–Trinajstić information content (AvgIpc) is 3.66. The second-order valence-electron chi connectivity index (χ2n) is 15.3. The van der Waals surface area contributed by atoms with Gasteiger partial charge in [0.15, 0.2) is 0 Å². The van der Waals surface area contributed by atoms with Crippen molar-refractivity contribution in [1.29, 1.82) is 0 Å². The van der Waals surface area contributed by atoms with E-state index >= 15 is 0 Å². The minimum absolute atomic E-state index is 0.190. The van der Waals surface area contributed by atoms with Crippen molar-refractivity contribution in [3.05, 3.63) is 102 Å². The average molecular weight is 953 g/mol. The fourth-order valence-electron chi connectivity index (χ4n) is 6.62. The highest BCUT2D eigenvalue weighted by Gasteiger charge is 2.33. The Kier molecular flexibility index (Phi) is 18.6. The van der Waals surface area contributed by atoms with Crippen LogP contribution in [0.1, 0.15) is 48.8 Å². The van der Waals surface area contributed by atoms with E-state index in [1.165, 1.54) is 36.4 Å². The number of hydrogen-bond acceptors (Lipinski definition) is 11. The van der Waals surface area contributed by atoms with Crippen LogP contribution in [0, 0.1) is 12.7 Å². The number of nitrogens with one attached hydrogen (secondary N) is 7. The summed E-state index contributed by atoms with van der Waals surface area (Å²) in [6.45, 7) is 0.748. The molecule has 0 unspecified atom stereocenters. The van der Waals surface area contributed by atoms with E-state index in [2.05, 4.69) is 31.6 Å². The Balaban J connectivity index is 1.55. The predicted octanol–water partition coefficient (Wildman–Crippen LogP) is -0.507. The smallest absolute Gasteiger partial charge is 0.305 e. The third-order valence-electron chi connectivity index (χ3n) is 10.0. The van der Waals surface area contributed by atoms with E-state index in [9.17, 15) is 66.2 Å². The molecule has 0 spiro atoms. The van der Waals surface area contributed by atoms with Crippen molar-refractivity contribution < 1.29 is 71.3 Å². The van der Waals surface area contributed by atoms with E-state index in [1.54, 1.807) is 37.4 Å².